The van der Waals surface area contributed by atoms with Gasteiger partial charge in [0, 0.05) is 6.07 Å². The predicted octanol–water partition coefficient (Wildman–Crippen LogP) is 2.52. The van der Waals surface area contributed by atoms with Gasteiger partial charge in [-0.05, 0) is 36.8 Å². The molecule has 0 fully saturated rings. The van der Waals surface area contributed by atoms with Crippen LogP contribution < -0.4 is 14.2 Å². The minimum Gasteiger partial charge on any atom is -0.454 e. The van der Waals surface area contributed by atoms with E-state index in [9.17, 15) is 8.42 Å². The van der Waals surface area contributed by atoms with Gasteiger partial charge in [-0.3, -0.25) is 4.72 Å². The van der Waals surface area contributed by atoms with Gasteiger partial charge in [-0.25, -0.2) is 8.42 Å². The smallest absolute Gasteiger partial charge is 0.261 e. The zero-order valence-electron chi connectivity index (χ0n) is 10.8. The molecule has 0 spiro atoms. The lowest BCUT2D eigenvalue weighted by Crippen LogP contribution is -2.12. The molecule has 0 aromatic heterocycles. The third kappa shape index (κ3) is 2.42. The van der Waals surface area contributed by atoms with E-state index < -0.39 is 10.0 Å². The van der Waals surface area contributed by atoms with Crippen molar-refractivity contribution < 1.29 is 17.9 Å². The lowest BCUT2D eigenvalue weighted by molar-refractivity contribution is 0.174. The molecule has 2 aromatic carbocycles. The van der Waals surface area contributed by atoms with Gasteiger partial charge in [-0.1, -0.05) is 12.1 Å². The van der Waals surface area contributed by atoms with Crippen molar-refractivity contribution in [1.29, 1.82) is 0 Å². The monoisotopic (exact) mass is 291 g/mol. The first kappa shape index (κ1) is 12.8. The molecule has 3 rings (SSSR count). The van der Waals surface area contributed by atoms with Crippen molar-refractivity contribution >= 4 is 15.7 Å². The van der Waals surface area contributed by atoms with E-state index in [0.29, 0.717) is 17.2 Å². The van der Waals surface area contributed by atoms with E-state index in [-0.39, 0.29) is 11.7 Å². The first-order valence-electron chi connectivity index (χ1n) is 6.04. The normalized spacial score (nSPS) is 13.2. The lowest BCUT2D eigenvalue weighted by atomic mass is 10.2. The Morgan fingerprint density at radius 2 is 1.85 bits per heavy atom. The highest BCUT2D eigenvalue weighted by Crippen LogP contribution is 2.34. The number of ether oxygens (including phenoxy) is 2. The Balaban J connectivity index is 1.90. The summed E-state index contributed by atoms with van der Waals surface area (Å²) in [6.07, 6.45) is 0. The summed E-state index contributed by atoms with van der Waals surface area (Å²) in [6, 6.07) is 11.7. The van der Waals surface area contributed by atoms with Crippen LogP contribution in [0.5, 0.6) is 11.5 Å². The summed E-state index contributed by atoms with van der Waals surface area (Å²) in [7, 11) is -3.60. The molecule has 1 aliphatic heterocycles. The van der Waals surface area contributed by atoms with Crippen LogP contribution in [0.25, 0.3) is 0 Å². The standard InChI is InChI=1S/C14H13NO4S/c1-10-3-2-4-12(7-10)20(16,17)15-11-5-6-13-14(8-11)19-9-18-13/h2-8,15H,9H2,1H3. The molecule has 20 heavy (non-hydrogen) atoms. The van der Waals surface area contributed by atoms with Crippen LogP contribution in [0.1, 0.15) is 5.56 Å². The van der Waals surface area contributed by atoms with Crippen molar-refractivity contribution in [2.24, 2.45) is 0 Å². The molecule has 1 aliphatic rings. The molecule has 2 aromatic rings. The average molecular weight is 291 g/mol. The molecule has 0 saturated heterocycles. The summed E-state index contributed by atoms with van der Waals surface area (Å²) in [5, 5.41) is 0. The lowest BCUT2D eigenvalue weighted by Gasteiger charge is -2.09. The van der Waals surface area contributed by atoms with Crippen LogP contribution in [0.4, 0.5) is 5.69 Å². The SMILES string of the molecule is Cc1cccc(S(=O)(=O)Nc2ccc3c(c2)OCO3)c1. The van der Waals surface area contributed by atoms with Crippen molar-refractivity contribution in [3.63, 3.8) is 0 Å². The minimum atomic E-state index is -3.60. The summed E-state index contributed by atoms with van der Waals surface area (Å²) < 4.78 is 37.5. The number of hydrogen-bond acceptors (Lipinski definition) is 4. The molecule has 104 valence electrons. The third-order valence-corrected chi connectivity index (χ3v) is 4.30. The molecule has 1 heterocycles. The fourth-order valence-corrected chi connectivity index (χ4v) is 3.11. The number of nitrogens with one attached hydrogen (secondary N) is 1. The molecule has 0 saturated carbocycles. The third-order valence-electron chi connectivity index (χ3n) is 2.92. The number of sulfonamides is 1. The number of benzene rings is 2. The second-order valence-corrected chi connectivity index (χ2v) is 6.17. The van der Waals surface area contributed by atoms with Crippen molar-refractivity contribution in [2.45, 2.75) is 11.8 Å². The van der Waals surface area contributed by atoms with Crippen LogP contribution in [0.3, 0.4) is 0 Å². The van der Waals surface area contributed by atoms with Gasteiger partial charge in [0.2, 0.25) is 6.79 Å². The van der Waals surface area contributed by atoms with Gasteiger partial charge in [0.25, 0.3) is 10.0 Å². The summed E-state index contributed by atoms with van der Waals surface area (Å²) in [4.78, 5) is 0.232. The van der Waals surface area contributed by atoms with E-state index in [1.165, 1.54) is 0 Å². The predicted molar refractivity (Wildman–Crippen MR) is 74.6 cm³/mol. The van der Waals surface area contributed by atoms with Crippen molar-refractivity contribution in [3.05, 3.63) is 48.0 Å². The maximum absolute atomic E-state index is 12.3. The fraction of sp³-hybridized carbons (Fsp3) is 0.143. The second kappa shape index (κ2) is 4.72. The molecule has 5 nitrogen and oxygen atoms in total. The van der Waals surface area contributed by atoms with Crippen molar-refractivity contribution in [3.8, 4) is 11.5 Å². The Hall–Kier alpha value is -2.21. The first-order chi connectivity index (χ1) is 9.54. The highest BCUT2D eigenvalue weighted by Gasteiger charge is 2.17. The van der Waals surface area contributed by atoms with E-state index in [2.05, 4.69) is 4.72 Å². The highest BCUT2D eigenvalue weighted by molar-refractivity contribution is 7.92. The van der Waals surface area contributed by atoms with Gasteiger partial charge < -0.3 is 9.47 Å². The molecule has 0 amide bonds. The zero-order chi connectivity index (χ0) is 14.2. The van der Waals surface area contributed by atoms with Crippen LogP contribution >= 0.6 is 0 Å². The van der Waals surface area contributed by atoms with Crippen LogP contribution in [0, 0.1) is 6.92 Å². The number of anilines is 1. The maximum atomic E-state index is 12.3. The highest BCUT2D eigenvalue weighted by atomic mass is 32.2. The first-order valence-corrected chi connectivity index (χ1v) is 7.52. The molecular weight excluding hydrogens is 278 g/mol. The van der Waals surface area contributed by atoms with Gasteiger partial charge >= 0.3 is 0 Å². The average Bonchev–Trinajstić information content (AvgIpc) is 2.85. The fourth-order valence-electron chi connectivity index (χ4n) is 1.96. The van der Waals surface area contributed by atoms with Gasteiger partial charge in [0.1, 0.15) is 0 Å². The summed E-state index contributed by atoms with van der Waals surface area (Å²) in [5.41, 5.74) is 1.33. The Morgan fingerprint density at radius 1 is 1.05 bits per heavy atom. The van der Waals surface area contributed by atoms with E-state index >= 15 is 0 Å². The van der Waals surface area contributed by atoms with Crippen molar-refractivity contribution in [2.75, 3.05) is 11.5 Å². The van der Waals surface area contributed by atoms with Gasteiger partial charge in [0.15, 0.2) is 11.5 Å². The molecule has 1 N–H and O–H groups in total. The summed E-state index contributed by atoms with van der Waals surface area (Å²) in [6.45, 7) is 2.00. The molecule has 0 atom stereocenters. The van der Waals surface area contributed by atoms with Gasteiger partial charge in [-0.15, -0.1) is 0 Å². The topological polar surface area (TPSA) is 64.6 Å². The van der Waals surface area contributed by atoms with Crippen LogP contribution in [0.2, 0.25) is 0 Å². The Kier molecular flexibility index (Phi) is 3.02. The van der Waals surface area contributed by atoms with Gasteiger partial charge in [0.05, 0.1) is 10.6 Å². The molecular formula is C14H13NO4S. The maximum Gasteiger partial charge on any atom is 0.261 e. The van der Waals surface area contributed by atoms with Crippen LogP contribution in [-0.2, 0) is 10.0 Å². The molecule has 0 radical (unpaired) electrons. The van der Waals surface area contributed by atoms with Crippen LogP contribution in [0.15, 0.2) is 47.4 Å². The molecule has 0 aliphatic carbocycles. The zero-order valence-corrected chi connectivity index (χ0v) is 11.6. The molecule has 0 bridgehead atoms. The van der Waals surface area contributed by atoms with E-state index in [1.54, 1.807) is 36.4 Å². The number of rotatable bonds is 3. The molecule has 0 unspecified atom stereocenters. The quantitative estimate of drug-likeness (QED) is 0.943. The molecule has 6 heteroatoms. The number of fused-ring (bicyclic) bond motifs is 1. The Morgan fingerprint density at radius 3 is 2.65 bits per heavy atom. The van der Waals surface area contributed by atoms with Gasteiger partial charge in [-0.2, -0.15) is 0 Å². The number of hydrogen-bond donors (Lipinski definition) is 1. The van der Waals surface area contributed by atoms with E-state index in [0.717, 1.165) is 5.56 Å². The van der Waals surface area contributed by atoms with Crippen molar-refractivity contribution in [1.82, 2.24) is 0 Å². The second-order valence-electron chi connectivity index (χ2n) is 4.49. The Bertz CT molecular complexity index is 756. The van der Waals surface area contributed by atoms with E-state index in [1.807, 2.05) is 13.0 Å². The summed E-state index contributed by atoms with van der Waals surface area (Å²) >= 11 is 0. The Labute approximate surface area is 117 Å². The largest absolute Gasteiger partial charge is 0.454 e. The minimum absolute atomic E-state index is 0.156. The number of aryl methyl sites for hydroxylation is 1. The van der Waals surface area contributed by atoms with Crippen LogP contribution in [-0.4, -0.2) is 15.2 Å². The summed E-state index contributed by atoms with van der Waals surface area (Å²) in [5.74, 6) is 1.15. The van der Waals surface area contributed by atoms with E-state index in [4.69, 9.17) is 9.47 Å².